The Kier molecular flexibility index (Phi) is 10.7. The van der Waals surface area contributed by atoms with Crippen LogP contribution in [0.2, 0.25) is 0 Å². The van der Waals surface area contributed by atoms with Crippen LogP contribution in [0.25, 0.3) is 0 Å². The molecule has 0 fully saturated rings. The number of nitrogens with one attached hydrogen (secondary N) is 1. The first kappa shape index (κ1) is 31.5. The van der Waals surface area contributed by atoms with E-state index in [2.05, 4.69) is 5.32 Å². The average molecular weight is 598 g/mol. The molecule has 224 valence electrons. The number of benzene rings is 4. The summed E-state index contributed by atoms with van der Waals surface area (Å²) in [5.41, 5.74) is 4.14. The molecule has 4 aromatic rings. The topological polar surface area (TPSA) is 86.8 Å². The Morgan fingerprint density at radius 3 is 1.88 bits per heavy atom. The Morgan fingerprint density at radius 2 is 1.30 bits per heavy atom. The van der Waals surface area contributed by atoms with Gasteiger partial charge in [0.05, 0.1) is 10.6 Å². The highest BCUT2D eigenvalue weighted by atomic mass is 32.2. The van der Waals surface area contributed by atoms with Crippen molar-refractivity contribution in [2.45, 2.75) is 51.1 Å². The lowest BCUT2D eigenvalue weighted by Gasteiger charge is -2.34. The second-order valence-electron chi connectivity index (χ2n) is 10.7. The molecular formula is C35H39N3O4S. The normalized spacial score (nSPS) is 11.9. The van der Waals surface area contributed by atoms with Crippen molar-refractivity contribution in [3.63, 3.8) is 0 Å². The van der Waals surface area contributed by atoms with E-state index in [0.29, 0.717) is 12.2 Å². The highest BCUT2D eigenvalue weighted by molar-refractivity contribution is 7.92. The van der Waals surface area contributed by atoms with Gasteiger partial charge in [0.2, 0.25) is 11.8 Å². The van der Waals surface area contributed by atoms with Gasteiger partial charge in [0.25, 0.3) is 10.0 Å². The number of nitrogens with zero attached hydrogens (tertiary/aromatic N) is 2. The predicted molar refractivity (Wildman–Crippen MR) is 171 cm³/mol. The van der Waals surface area contributed by atoms with Gasteiger partial charge in [0, 0.05) is 19.5 Å². The molecule has 0 aliphatic carbocycles. The molecule has 43 heavy (non-hydrogen) atoms. The minimum absolute atomic E-state index is 0.0787. The fraction of sp³-hybridized carbons (Fsp3) is 0.257. The lowest BCUT2D eigenvalue weighted by atomic mass is 10.0. The summed E-state index contributed by atoms with van der Waals surface area (Å²) >= 11 is 0. The quantitative estimate of drug-likeness (QED) is 0.215. The summed E-state index contributed by atoms with van der Waals surface area (Å²) in [6.07, 6.45) is 1.02. The molecule has 7 nitrogen and oxygen atoms in total. The molecule has 0 aliphatic rings. The van der Waals surface area contributed by atoms with Crippen LogP contribution in [0.1, 0.15) is 35.6 Å². The molecule has 2 amide bonds. The molecule has 4 rings (SSSR count). The number of rotatable bonds is 13. The van der Waals surface area contributed by atoms with E-state index in [-0.39, 0.29) is 23.8 Å². The molecule has 1 N–H and O–H groups in total. The van der Waals surface area contributed by atoms with Crippen molar-refractivity contribution < 1.29 is 18.0 Å². The van der Waals surface area contributed by atoms with Crippen molar-refractivity contribution in [1.29, 1.82) is 0 Å². The van der Waals surface area contributed by atoms with Crippen LogP contribution >= 0.6 is 0 Å². The summed E-state index contributed by atoms with van der Waals surface area (Å²) in [5.74, 6) is -0.757. The van der Waals surface area contributed by atoms with Crippen molar-refractivity contribution in [2.24, 2.45) is 0 Å². The molecule has 0 bridgehead atoms. The van der Waals surface area contributed by atoms with E-state index < -0.39 is 28.5 Å². The summed E-state index contributed by atoms with van der Waals surface area (Å²) in [7, 11) is -4.11. The van der Waals surface area contributed by atoms with Crippen LogP contribution in [-0.4, -0.2) is 44.3 Å². The van der Waals surface area contributed by atoms with Crippen molar-refractivity contribution in [3.8, 4) is 0 Å². The number of anilines is 1. The molecule has 0 heterocycles. The van der Waals surface area contributed by atoms with Crippen LogP contribution in [0.4, 0.5) is 5.69 Å². The smallest absolute Gasteiger partial charge is 0.264 e. The van der Waals surface area contributed by atoms with E-state index in [9.17, 15) is 18.0 Å². The van der Waals surface area contributed by atoms with Crippen LogP contribution in [0.3, 0.4) is 0 Å². The molecule has 0 saturated carbocycles. The molecule has 0 saturated heterocycles. The highest BCUT2D eigenvalue weighted by Gasteiger charge is 2.34. The monoisotopic (exact) mass is 597 g/mol. The fourth-order valence-electron chi connectivity index (χ4n) is 4.77. The average Bonchev–Trinajstić information content (AvgIpc) is 3.02. The van der Waals surface area contributed by atoms with Gasteiger partial charge in [0.1, 0.15) is 12.6 Å². The molecular weight excluding hydrogens is 558 g/mol. The third-order valence-corrected chi connectivity index (χ3v) is 9.01. The summed E-state index contributed by atoms with van der Waals surface area (Å²) in [6, 6.07) is 31.6. The van der Waals surface area contributed by atoms with E-state index in [1.165, 1.54) is 17.0 Å². The zero-order valence-corrected chi connectivity index (χ0v) is 25.8. The second-order valence-corrected chi connectivity index (χ2v) is 12.5. The Bertz CT molecular complexity index is 1590. The third kappa shape index (κ3) is 8.32. The van der Waals surface area contributed by atoms with Crippen LogP contribution in [0.5, 0.6) is 0 Å². The SMILES string of the molecule is CCCNC(=O)C(Cc1ccccc1)N(Cc1ccc(C)cc1)C(=O)CN(c1ccc(C)cc1)S(=O)(=O)c1ccccc1. The third-order valence-electron chi connectivity index (χ3n) is 7.23. The lowest BCUT2D eigenvalue weighted by Crippen LogP contribution is -2.53. The molecule has 0 aromatic heterocycles. The molecule has 1 unspecified atom stereocenters. The molecule has 8 heteroatoms. The van der Waals surface area contributed by atoms with Gasteiger partial charge in [-0.15, -0.1) is 0 Å². The van der Waals surface area contributed by atoms with Gasteiger partial charge in [-0.1, -0.05) is 103 Å². The van der Waals surface area contributed by atoms with Crippen molar-refractivity contribution in [2.75, 3.05) is 17.4 Å². The Labute approximate surface area is 255 Å². The second kappa shape index (κ2) is 14.6. The maximum Gasteiger partial charge on any atom is 0.264 e. The van der Waals surface area contributed by atoms with Crippen LogP contribution in [0, 0.1) is 13.8 Å². The van der Waals surface area contributed by atoms with Crippen molar-refractivity contribution >= 4 is 27.5 Å². The van der Waals surface area contributed by atoms with Gasteiger partial charge in [0.15, 0.2) is 0 Å². The van der Waals surface area contributed by atoms with Gasteiger partial charge >= 0.3 is 0 Å². The number of hydrogen-bond acceptors (Lipinski definition) is 4. The van der Waals surface area contributed by atoms with Crippen LogP contribution in [0.15, 0.2) is 114 Å². The highest BCUT2D eigenvalue weighted by Crippen LogP contribution is 2.25. The van der Waals surface area contributed by atoms with Gasteiger partial charge in [-0.25, -0.2) is 8.42 Å². The zero-order valence-electron chi connectivity index (χ0n) is 24.9. The Balaban J connectivity index is 1.78. The lowest BCUT2D eigenvalue weighted by molar-refractivity contribution is -0.140. The maximum atomic E-state index is 14.4. The molecule has 0 spiro atoms. The number of carbonyl (C=O) groups excluding carboxylic acids is 2. The van der Waals surface area contributed by atoms with Gasteiger partial charge in [-0.2, -0.15) is 0 Å². The van der Waals surface area contributed by atoms with Gasteiger partial charge < -0.3 is 10.2 Å². The first-order chi connectivity index (χ1) is 20.7. The number of sulfonamides is 1. The fourth-order valence-corrected chi connectivity index (χ4v) is 6.20. The van der Waals surface area contributed by atoms with Crippen molar-refractivity contribution in [1.82, 2.24) is 10.2 Å². The minimum Gasteiger partial charge on any atom is -0.354 e. The Morgan fingerprint density at radius 1 is 0.744 bits per heavy atom. The van der Waals surface area contributed by atoms with E-state index in [4.69, 9.17) is 0 Å². The molecule has 0 radical (unpaired) electrons. The predicted octanol–water partition coefficient (Wildman–Crippen LogP) is 5.67. The van der Waals surface area contributed by atoms with Crippen LogP contribution in [-0.2, 0) is 32.6 Å². The maximum absolute atomic E-state index is 14.4. The molecule has 4 aromatic carbocycles. The standard InChI is InChI=1S/C35H39N3O4S/c1-4-23-36-35(40)33(24-29-11-7-5-8-12-29)37(25-30-19-15-27(2)16-20-30)34(39)26-38(31-21-17-28(3)18-22-31)43(41,42)32-13-9-6-10-14-32/h5-22,33H,4,23-26H2,1-3H3,(H,36,40). The molecule has 1 atom stereocenters. The first-order valence-corrected chi connectivity index (χ1v) is 15.9. The van der Waals surface area contributed by atoms with Gasteiger partial charge in [-0.3, -0.25) is 13.9 Å². The summed E-state index contributed by atoms with van der Waals surface area (Å²) in [4.78, 5) is 29.7. The van der Waals surface area contributed by atoms with E-state index >= 15 is 0 Å². The number of amides is 2. The number of hydrogen-bond donors (Lipinski definition) is 1. The van der Waals surface area contributed by atoms with Crippen LogP contribution < -0.4 is 9.62 Å². The summed E-state index contributed by atoms with van der Waals surface area (Å²) in [5, 5.41) is 2.97. The van der Waals surface area contributed by atoms with E-state index in [1.807, 2.05) is 87.5 Å². The Hall–Kier alpha value is -4.43. The first-order valence-electron chi connectivity index (χ1n) is 14.5. The zero-order chi connectivity index (χ0) is 30.8. The van der Waals surface area contributed by atoms with E-state index in [1.54, 1.807) is 30.3 Å². The molecule has 0 aliphatic heterocycles. The largest absolute Gasteiger partial charge is 0.354 e. The van der Waals surface area contributed by atoms with Crippen molar-refractivity contribution in [3.05, 3.63) is 131 Å². The van der Waals surface area contributed by atoms with Gasteiger partial charge in [-0.05, 0) is 55.7 Å². The number of carbonyl (C=O) groups is 2. The van der Waals surface area contributed by atoms with E-state index in [0.717, 1.165) is 33.0 Å². The minimum atomic E-state index is -4.11. The summed E-state index contributed by atoms with van der Waals surface area (Å²) < 4.78 is 29.1. The number of aryl methyl sites for hydroxylation is 2. The summed E-state index contributed by atoms with van der Waals surface area (Å²) in [6.45, 7) is 6.00.